The van der Waals surface area contributed by atoms with Crippen LogP contribution in [0.4, 0.5) is 0 Å². The van der Waals surface area contributed by atoms with Gasteiger partial charge in [0, 0.05) is 29.0 Å². The van der Waals surface area contributed by atoms with Gasteiger partial charge in [-0.25, -0.2) is 4.98 Å². The first-order valence-electron chi connectivity index (χ1n) is 3.01. The standard InChI is InChI=1S/C6H6N2S2/c9-6-7-1-4-2-10-3-5(4)8-6/h1H,2-3H2,(H,7,8,9). The highest BCUT2D eigenvalue weighted by molar-refractivity contribution is 7.98. The number of H-pyrrole nitrogens is 1. The van der Waals surface area contributed by atoms with Crippen LogP contribution < -0.4 is 0 Å². The maximum absolute atomic E-state index is 4.88. The average molecular weight is 170 g/mol. The van der Waals surface area contributed by atoms with Gasteiger partial charge in [-0.1, -0.05) is 0 Å². The van der Waals surface area contributed by atoms with Crippen LogP contribution in [0, 0.1) is 4.77 Å². The topological polar surface area (TPSA) is 28.7 Å². The summed E-state index contributed by atoms with van der Waals surface area (Å²) in [6.45, 7) is 0. The summed E-state index contributed by atoms with van der Waals surface area (Å²) < 4.78 is 0.598. The number of hydrogen-bond donors (Lipinski definition) is 1. The van der Waals surface area contributed by atoms with E-state index in [-0.39, 0.29) is 0 Å². The number of fused-ring (bicyclic) bond motifs is 1. The molecule has 0 saturated carbocycles. The Morgan fingerprint density at radius 2 is 2.50 bits per heavy atom. The number of hydrogen-bond acceptors (Lipinski definition) is 3. The molecule has 10 heavy (non-hydrogen) atoms. The van der Waals surface area contributed by atoms with Crippen molar-refractivity contribution in [1.82, 2.24) is 9.97 Å². The van der Waals surface area contributed by atoms with E-state index in [0.29, 0.717) is 4.77 Å². The molecule has 1 aliphatic rings. The maximum Gasteiger partial charge on any atom is 0.196 e. The van der Waals surface area contributed by atoms with Gasteiger partial charge in [0.15, 0.2) is 4.77 Å². The monoisotopic (exact) mass is 170 g/mol. The second-order valence-corrected chi connectivity index (χ2v) is 3.56. The van der Waals surface area contributed by atoms with E-state index in [1.165, 1.54) is 11.3 Å². The van der Waals surface area contributed by atoms with Crippen molar-refractivity contribution in [2.24, 2.45) is 0 Å². The van der Waals surface area contributed by atoms with Crippen LogP contribution in [0.1, 0.15) is 11.3 Å². The molecule has 1 N–H and O–H groups in total. The molecule has 2 nitrogen and oxygen atoms in total. The van der Waals surface area contributed by atoms with Crippen molar-refractivity contribution in [3.8, 4) is 0 Å². The summed E-state index contributed by atoms with van der Waals surface area (Å²) in [5, 5.41) is 0. The van der Waals surface area contributed by atoms with E-state index < -0.39 is 0 Å². The van der Waals surface area contributed by atoms with Crippen molar-refractivity contribution in [2.45, 2.75) is 11.5 Å². The van der Waals surface area contributed by atoms with E-state index in [4.69, 9.17) is 12.2 Å². The second kappa shape index (κ2) is 2.36. The highest BCUT2D eigenvalue weighted by Crippen LogP contribution is 2.26. The molecule has 0 unspecified atom stereocenters. The Kier molecular flexibility index (Phi) is 1.50. The Bertz CT molecular complexity index is 305. The zero-order valence-corrected chi connectivity index (χ0v) is 6.89. The summed E-state index contributed by atoms with van der Waals surface area (Å²) in [6, 6.07) is 0. The zero-order chi connectivity index (χ0) is 6.97. The summed E-state index contributed by atoms with van der Waals surface area (Å²) in [6.07, 6.45) is 1.87. The Morgan fingerprint density at radius 1 is 1.60 bits per heavy atom. The lowest BCUT2D eigenvalue weighted by molar-refractivity contribution is 1.04. The van der Waals surface area contributed by atoms with E-state index in [9.17, 15) is 0 Å². The molecule has 0 fully saturated rings. The molecular weight excluding hydrogens is 164 g/mol. The van der Waals surface area contributed by atoms with Gasteiger partial charge in [0.2, 0.25) is 0 Å². The Balaban J connectivity index is 2.63. The minimum Gasteiger partial charge on any atom is -0.333 e. The molecule has 0 radical (unpaired) electrons. The summed E-state index contributed by atoms with van der Waals surface area (Å²) in [4.78, 5) is 7.07. The van der Waals surface area contributed by atoms with Gasteiger partial charge in [0.25, 0.3) is 0 Å². The van der Waals surface area contributed by atoms with Crippen LogP contribution in [0.3, 0.4) is 0 Å². The molecule has 4 heteroatoms. The lowest BCUT2D eigenvalue weighted by Gasteiger charge is -1.93. The number of rotatable bonds is 0. The van der Waals surface area contributed by atoms with Crippen molar-refractivity contribution in [3.05, 3.63) is 22.2 Å². The molecule has 52 valence electrons. The summed E-state index contributed by atoms with van der Waals surface area (Å²) in [5.74, 6) is 2.13. The first kappa shape index (κ1) is 6.37. The highest BCUT2D eigenvalue weighted by Gasteiger charge is 2.10. The van der Waals surface area contributed by atoms with Crippen molar-refractivity contribution in [2.75, 3.05) is 0 Å². The van der Waals surface area contributed by atoms with Crippen molar-refractivity contribution in [1.29, 1.82) is 0 Å². The van der Waals surface area contributed by atoms with Gasteiger partial charge >= 0.3 is 0 Å². The smallest absolute Gasteiger partial charge is 0.196 e. The number of aromatic amines is 1. The molecule has 0 saturated heterocycles. The van der Waals surface area contributed by atoms with E-state index in [2.05, 4.69) is 9.97 Å². The molecule has 0 atom stereocenters. The Labute approximate surface area is 68.1 Å². The third-order valence-corrected chi connectivity index (χ3v) is 2.70. The van der Waals surface area contributed by atoms with E-state index in [1.807, 2.05) is 18.0 Å². The van der Waals surface area contributed by atoms with E-state index in [1.54, 1.807) is 0 Å². The van der Waals surface area contributed by atoms with Crippen LogP contribution in [0.2, 0.25) is 0 Å². The van der Waals surface area contributed by atoms with Crippen LogP contribution >= 0.6 is 24.0 Å². The van der Waals surface area contributed by atoms with E-state index in [0.717, 1.165) is 11.5 Å². The van der Waals surface area contributed by atoms with Crippen LogP contribution in [0.25, 0.3) is 0 Å². The number of aromatic nitrogens is 2. The SMILES string of the molecule is S=c1ncc2c([nH]1)CSC2. The molecule has 1 aromatic heterocycles. The minimum absolute atomic E-state index is 0.598. The van der Waals surface area contributed by atoms with Gasteiger partial charge < -0.3 is 4.98 Å². The van der Waals surface area contributed by atoms with Crippen molar-refractivity contribution >= 4 is 24.0 Å². The zero-order valence-electron chi connectivity index (χ0n) is 5.26. The van der Waals surface area contributed by atoms with Gasteiger partial charge in [0.1, 0.15) is 0 Å². The Hall–Kier alpha value is -0.350. The predicted molar refractivity (Wildman–Crippen MR) is 44.4 cm³/mol. The summed E-state index contributed by atoms with van der Waals surface area (Å²) in [5.41, 5.74) is 2.56. The van der Waals surface area contributed by atoms with Crippen LogP contribution in [0.5, 0.6) is 0 Å². The van der Waals surface area contributed by atoms with Crippen LogP contribution in [-0.4, -0.2) is 9.97 Å². The predicted octanol–water partition coefficient (Wildman–Crippen LogP) is 1.89. The van der Waals surface area contributed by atoms with Gasteiger partial charge in [-0.05, 0) is 12.2 Å². The van der Waals surface area contributed by atoms with Gasteiger partial charge in [0.05, 0.1) is 0 Å². The van der Waals surface area contributed by atoms with Gasteiger partial charge in [-0.15, -0.1) is 0 Å². The quantitative estimate of drug-likeness (QED) is 0.603. The van der Waals surface area contributed by atoms with Crippen LogP contribution in [-0.2, 0) is 11.5 Å². The summed E-state index contributed by atoms with van der Waals surface area (Å²) >= 11 is 6.77. The number of nitrogens with one attached hydrogen (secondary N) is 1. The van der Waals surface area contributed by atoms with Crippen LogP contribution in [0.15, 0.2) is 6.20 Å². The third kappa shape index (κ3) is 0.973. The first-order valence-corrected chi connectivity index (χ1v) is 4.57. The molecule has 0 aromatic carbocycles. The lowest BCUT2D eigenvalue weighted by Crippen LogP contribution is -1.89. The van der Waals surface area contributed by atoms with Gasteiger partial charge in [-0.2, -0.15) is 11.8 Å². The maximum atomic E-state index is 4.88. The molecule has 0 aliphatic carbocycles. The number of thioether (sulfide) groups is 1. The Morgan fingerprint density at radius 3 is 3.40 bits per heavy atom. The summed E-state index contributed by atoms with van der Waals surface area (Å²) in [7, 11) is 0. The fourth-order valence-corrected chi connectivity index (χ4v) is 2.18. The molecule has 0 amide bonds. The molecule has 0 bridgehead atoms. The van der Waals surface area contributed by atoms with E-state index >= 15 is 0 Å². The van der Waals surface area contributed by atoms with Crippen molar-refractivity contribution in [3.63, 3.8) is 0 Å². The molecule has 1 aromatic rings. The largest absolute Gasteiger partial charge is 0.333 e. The molecule has 0 spiro atoms. The number of nitrogens with zero attached hydrogens (tertiary/aromatic N) is 1. The fraction of sp³-hybridized carbons (Fsp3) is 0.333. The molecule has 2 heterocycles. The first-order chi connectivity index (χ1) is 4.86. The highest BCUT2D eigenvalue weighted by atomic mass is 32.2. The van der Waals surface area contributed by atoms with Gasteiger partial charge in [-0.3, -0.25) is 0 Å². The normalized spacial score (nSPS) is 15.2. The van der Waals surface area contributed by atoms with Crippen molar-refractivity contribution < 1.29 is 0 Å². The fourth-order valence-electron chi connectivity index (χ4n) is 0.972. The molecule has 2 rings (SSSR count). The minimum atomic E-state index is 0.598. The molecule has 1 aliphatic heterocycles. The average Bonchev–Trinajstić information content (AvgIpc) is 2.33. The molecular formula is C6H6N2S2. The lowest BCUT2D eigenvalue weighted by atomic mass is 10.3. The second-order valence-electron chi connectivity index (χ2n) is 2.18. The third-order valence-electron chi connectivity index (χ3n) is 1.49.